The van der Waals surface area contributed by atoms with Crippen LogP contribution in [-0.4, -0.2) is 41.8 Å². The molecule has 0 spiro atoms. The van der Waals surface area contributed by atoms with E-state index in [-0.39, 0.29) is 22.7 Å². The highest BCUT2D eigenvalue weighted by Crippen LogP contribution is 2.51. The fourth-order valence-corrected chi connectivity index (χ4v) is 3.52. The van der Waals surface area contributed by atoms with Gasteiger partial charge in [-0.25, -0.2) is 4.39 Å². The molecule has 11 heteroatoms. The number of hydrogen-bond acceptors (Lipinski definition) is 5. The van der Waals surface area contributed by atoms with Crippen molar-refractivity contribution in [1.82, 2.24) is 4.98 Å². The molecule has 1 aliphatic heterocycles. The second kappa shape index (κ2) is 8.14. The molecule has 1 aliphatic rings. The Morgan fingerprint density at radius 2 is 2.03 bits per heavy atom. The summed E-state index contributed by atoms with van der Waals surface area (Å²) >= 11 is 0. The highest BCUT2D eigenvalue weighted by Gasteiger charge is 2.61. The van der Waals surface area contributed by atoms with Crippen molar-refractivity contribution in [3.8, 4) is 5.75 Å². The van der Waals surface area contributed by atoms with Crippen LogP contribution in [0.3, 0.4) is 0 Å². The Hall–Kier alpha value is -3.21. The van der Waals surface area contributed by atoms with Crippen LogP contribution >= 0.6 is 0 Å². The molecule has 3 rings (SSSR count). The van der Waals surface area contributed by atoms with Crippen LogP contribution in [0.2, 0.25) is 0 Å². The van der Waals surface area contributed by atoms with Gasteiger partial charge in [0, 0.05) is 23.4 Å². The van der Waals surface area contributed by atoms with Gasteiger partial charge < -0.3 is 20.5 Å². The van der Waals surface area contributed by atoms with Gasteiger partial charge in [0.1, 0.15) is 23.4 Å². The van der Waals surface area contributed by atoms with Gasteiger partial charge in [0.2, 0.25) is 0 Å². The number of anilines is 1. The summed E-state index contributed by atoms with van der Waals surface area (Å²) in [5.41, 5.74) is 2.18. The zero-order valence-corrected chi connectivity index (χ0v) is 16.5. The monoisotopic (exact) mass is 441 g/mol. The number of aromatic nitrogens is 1. The fourth-order valence-electron chi connectivity index (χ4n) is 3.52. The molecule has 0 bridgehead atoms. The quantitative estimate of drug-likeness (QED) is 0.694. The number of methoxy groups -OCH3 is 1. The predicted octanol–water partition coefficient (Wildman–Crippen LogP) is 3.16. The molecule has 3 N–H and O–H groups in total. The van der Waals surface area contributed by atoms with Gasteiger partial charge in [0.25, 0.3) is 11.8 Å². The highest BCUT2D eigenvalue weighted by atomic mass is 19.4. The average molecular weight is 441 g/mol. The summed E-state index contributed by atoms with van der Waals surface area (Å²) in [6.07, 6.45) is -6.01. The van der Waals surface area contributed by atoms with Crippen molar-refractivity contribution >= 4 is 17.5 Å². The second-order valence-electron chi connectivity index (χ2n) is 7.22. The molecule has 3 unspecified atom stereocenters. The molecule has 7 nitrogen and oxygen atoms in total. The Kier molecular flexibility index (Phi) is 5.90. The lowest BCUT2D eigenvalue weighted by Gasteiger charge is -2.27. The molecule has 2 heterocycles. The first-order valence-electron chi connectivity index (χ1n) is 9.10. The number of primary amides is 1. The number of carbonyl (C=O) groups is 2. The number of rotatable bonds is 5. The van der Waals surface area contributed by atoms with Crippen LogP contribution in [0, 0.1) is 5.82 Å². The Labute approximate surface area is 174 Å². The number of ether oxygens (including phenoxy) is 2. The fraction of sp³-hybridized carbons (Fsp3) is 0.350. The Morgan fingerprint density at radius 3 is 2.65 bits per heavy atom. The molecule has 3 atom stereocenters. The minimum atomic E-state index is -4.81. The smallest absolute Gasteiger partial charge is 0.417 e. The van der Waals surface area contributed by atoms with Gasteiger partial charge in [-0.05, 0) is 37.6 Å². The van der Waals surface area contributed by atoms with Crippen molar-refractivity contribution in [1.29, 1.82) is 0 Å². The normalized spacial score (nSPS) is 23.4. The van der Waals surface area contributed by atoms with Crippen molar-refractivity contribution in [3.63, 3.8) is 0 Å². The van der Waals surface area contributed by atoms with Gasteiger partial charge in [-0.1, -0.05) is 6.07 Å². The SMILES string of the molecule is COc1cccc(F)c1C1CC(C)(C(F)(F)F)OC1C(=O)Nc1ccnc(C(N)=O)c1. The molecule has 1 saturated heterocycles. The van der Waals surface area contributed by atoms with Crippen LogP contribution in [0.1, 0.15) is 35.3 Å². The highest BCUT2D eigenvalue weighted by molar-refractivity contribution is 5.97. The summed E-state index contributed by atoms with van der Waals surface area (Å²) < 4.78 is 66.0. The van der Waals surface area contributed by atoms with E-state index in [0.717, 1.165) is 19.1 Å². The van der Waals surface area contributed by atoms with E-state index < -0.39 is 47.9 Å². The Morgan fingerprint density at radius 1 is 1.32 bits per heavy atom. The van der Waals surface area contributed by atoms with Crippen molar-refractivity contribution in [3.05, 3.63) is 53.6 Å². The molecule has 0 saturated carbocycles. The molecule has 1 fully saturated rings. The lowest BCUT2D eigenvalue weighted by atomic mass is 9.85. The van der Waals surface area contributed by atoms with Gasteiger partial charge in [0.15, 0.2) is 5.60 Å². The summed E-state index contributed by atoms with van der Waals surface area (Å²) in [5, 5.41) is 2.38. The van der Waals surface area contributed by atoms with Gasteiger partial charge in [-0.2, -0.15) is 13.2 Å². The summed E-state index contributed by atoms with van der Waals surface area (Å²) in [5.74, 6) is -3.92. The standard InChI is InChI=1S/C20H19F4N3O4/c1-19(20(22,23)24)9-11(15-12(21)4-3-5-14(15)30-2)16(31-19)18(29)27-10-6-7-26-13(8-10)17(25)28/h3-8,11,16H,9H2,1-2H3,(H2,25,28)(H,26,27,29). The molecular formula is C20H19F4N3O4. The van der Waals surface area contributed by atoms with E-state index >= 15 is 0 Å². The zero-order valence-electron chi connectivity index (χ0n) is 16.5. The number of alkyl halides is 3. The largest absolute Gasteiger partial charge is 0.496 e. The number of benzene rings is 1. The van der Waals surface area contributed by atoms with E-state index in [2.05, 4.69) is 10.3 Å². The molecule has 0 aliphatic carbocycles. The third-order valence-corrected chi connectivity index (χ3v) is 5.10. The number of halogens is 4. The number of nitrogens with one attached hydrogen (secondary N) is 1. The third kappa shape index (κ3) is 4.31. The zero-order chi connectivity index (χ0) is 23.0. The van der Waals surface area contributed by atoms with E-state index in [1.807, 2.05) is 0 Å². The average Bonchev–Trinajstić information content (AvgIpc) is 3.06. The summed E-state index contributed by atoms with van der Waals surface area (Å²) in [6, 6.07) is 6.28. The van der Waals surface area contributed by atoms with Crippen LogP contribution in [0.15, 0.2) is 36.5 Å². The number of amides is 2. The maximum atomic E-state index is 14.6. The molecule has 1 aromatic carbocycles. The topological polar surface area (TPSA) is 104 Å². The first-order chi connectivity index (χ1) is 14.5. The van der Waals surface area contributed by atoms with E-state index in [4.69, 9.17) is 15.2 Å². The molecular weight excluding hydrogens is 422 g/mol. The van der Waals surface area contributed by atoms with Gasteiger partial charge in [-0.3, -0.25) is 14.6 Å². The van der Waals surface area contributed by atoms with Crippen molar-refractivity contribution < 1.29 is 36.6 Å². The van der Waals surface area contributed by atoms with Crippen molar-refractivity contribution in [2.75, 3.05) is 12.4 Å². The van der Waals surface area contributed by atoms with E-state index in [9.17, 15) is 27.2 Å². The number of nitrogens with two attached hydrogens (primary N) is 1. The van der Waals surface area contributed by atoms with Crippen LogP contribution in [-0.2, 0) is 9.53 Å². The maximum absolute atomic E-state index is 14.6. The molecule has 31 heavy (non-hydrogen) atoms. The maximum Gasteiger partial charge on any atom is 0.417 e. The first kappa shape index (κ1) is 22.5. The van der Waals surface area contributed by atoms with E-state index in [1.54, 1.807) is 0 Å². The number of nitrogens with zero attached hydrogens (tertiary/aromatic N) is 1. The summed E-state index contributed by atoms with van der Waals surface area (Å²) in [6.45, 7) is 0.804. The molecule has 0 radical (unpaired) electrons. The minimum absolute atomic E-state index is 0.00208. The van der Waals surface area contributed by atoms with Crippen LogP contribution in [0.5, 0.6) is 5.75 Å². The lowest BCUT2D eigenvalue weighted by Crippen LogP contribution is -2.43. The number of pyridine rings is 1. The van der Waals surface area contributed by atoms with Crippen molar-refractivity contribution in [2.45, 2.75) is 37.1 Å². The molecule has 2 aromatic rings. The second-order valence-corrected chi connectivity index (χ2v) is 7.22. The van der Waals surface area contributed by atoms with E-state index in [0.29, 0.717) is 0 Å². The van der Waals surface area contributed by atoms with Gasteiger partial charge in [-0.15, -0.1) is 0 Å². The lowest BCUT2D eigenvalue weighted by molar-refractivity contribution is -0.261. The van der Waals surface area contributed by atoms with Crippen molar-refractivity contribution in [2.24, 2.45) is 5.73 Å². The third-order valence-electron chi connectivity index (χ3n) is 5.10. The minimum Gasteiger partial charge on any atom is -0.496 e. The Balaban J connectivity index is 2.00. The van der Waals surface area contributed by atoms with Gasteiger partial charge >= 0.3 is 6.18 Å². The van der Waals surface area contributed by atoms with Gasteiger partial charge in [0.05, 0.1) is 7.11 Å². The molecule has 166 valence electrons. The summed E-state index contributed by atoms with van der Waals surface area (Å²) in [7, 11) is 1.24. The Bertz CT molecular complexity index is 1010. The molecule has 2 amide bonds. The van der Waals surface area contributed by atoms with Crippen LogP contribution in [0.25, 0.3) is 0 Å². The number of hydrogen-bond donors (Lipinski definition) is 2. The van der Waals surface area contributed by atoms with Crippen LogP contribution in [0.4, 0.5) is 23.2 Å². The van der Waals surface area contributed by atoms with Crippen LogP contribution < -0.4 is 15.8 Å². The predicted molar refractivity (Wildman–Crippen MR) is 101 cm³/mol. The number of carbonyl (C=O) groups excluding carboxylic acids is 2. The summed E-state index contributed by atoms with van der Waals surface area (Å²) in [4.78, 5) is 27.9. The first-order valence-corrected chi connectivity index (χ1v) is 9.10. The van der Waals surface area contributed by atoms with E-state index in [1.165, 1.54) is 31.5 Å². The molecule has 1 aromatic heterocycles.